The van der Waals surface area contributed by atoms with Crippen molar-refractivity contribution in [1.29, 1.82) is 10.5 Å². The lowest BCUT2D eigenvalue weighted by molar-refractivity contribution is -0.142. The number of hydrogen-bond donors (Lipinski definition) is 2. The van der Waals surface area contributed by atoms with Crippen LogP contribution in [-0.4, -0.2) is 39.3 Å². The molecule has 0 saturated carbocycles. The van der Waals surface area contributed by atoms with Crippen LogP contribution in [0.15, 0.2) is 42.6 Å². The van der Waals surface area contributed by atoms with Crippen LogP contribution in [0.4, 0.5) is 22.1 Å². The van der Waals surface area contributed by atoms with Gasteiger partial charge in [0.25, 0.3) is 0 Å². The number of anilines is 3. The third-order valence-corrected chi connectivity index (χ3v) is 6.22. The normalized spacial score (nSPS) is 16.2. The highest BCUT2D eigenvalue weighted by atomic mass is 16.6. The van der Waals surface area contributed by atoms with Crippen molar-refractivity contribution < 1.29 is 19.4 Å². The van der Waals surface area contributed by atoms with Crippen LogP contribution >= 0.6 is 0 Å². The lowest BCUT2D eigenvalue weighted by Crippen LogP contribution is -2.42. The van der Waals surface area contributed by atoms with E-state index in [1.165, 1.54) is 18.0 Å². The van der Waals surface area contributed by atoms with Gasteiger partial charge in [-0.2, -0.15) is 10.5 Å². The molecule has 2 heterocycles. The van der Waals surface area contributed by atoms with Gasteiger partial charge in [-0.15, -0.1) is 0 Å². The molecular formula is C28H26N6O4. The standard InChI is InChI=1S/C28H26N6O4/c1-16-6-7-17(13-29)10-22(16)33-25-31-9-8-21(32-25)18-11-19(14-30)23-20(12-18)28(5,24(35)36)15-34(23)26(37)38-27(2,3)4/h6-12H,15H2,1-5H3,(H,35,36)(H,31,32,33). The van der Waals surface area contributed by atoms with Gasteiger partial charge in [0.05, 0.1) is 28.6 Å². The van der Waals surface area contributed by atoms with Gasteiger partial charge >= 0.3 is 12.1 Å². The molecule has 2 N–H and O–H groups in total. The average Bonchev–Trinajstić information content (AvgIpc) is 3.18. The number of carbonyl (C=O) groups excluding carboxylic acids is 1. The van der Waals surface area contributed by atoms with E-state index in [1.807, 2.05) is 13.0 Å². The molecule has 1 unspecified atom stereocenters. The number of aliphatic carboxylic acids is 1. The molecule has 3 aromatic rings. The number of hydrogen-bond acceptors (Lipinski definition) is 8. The minimum absolute atomic E-state index is 0.124. The fourth-order valence-corrected chi connectivity index (χ4v) is 4.24. The van der Waals surface area contributed by atoms with Gasteiger partial charge in [-0.1, -0.05) is 6.07 Å². The maximum Gasteiger partial charge on any atom is 0.414 e. The lowest BCUT2D eigenvalue weighted by atomic mass is 9.83. The van der Waals surface area contributed by atoms with E-state index >= 15 is 0 Å². The van der Waals surface area contributed by atoms with Crippen LogP contribution in [0.3, 0.4) is 0 Å². The molecule has 192 valence electrons. The molecule has 1 aliphatic heterocycles. The Kier molecular flexibility index (Phi) is 6.52. The van der Waals surface area contributed by atoms with E-state index in [9.17, 15) is 25.2 Å². The van der Waals surface area contributed by atoms with E-state index in [0.29, 0.717) is 28.1 Å². The van der Waals surface area contributed by atoms with Crippen LogP contribution in [0.1, 0.15) is 49.9 Å². The molecule has 10 heteroatoms. The summed E-state index contributed by atoms with van der Waals surface area (Å²) in [7, 11) is 0. The molecule has 1 amide bonds. The Bertz CT molecular complexity index is 1550. The van der Waals surface area contributed by atoms with Crippen LogP contribution in [0, 0.1) is 29.6 Å². The summed E-state index contributed by atoms with van der Waals surface area (Å²) in [4.78, 5) is 35.5. The van der Waals surface area contributed by atoms with E-state index in [2.05, 4.69) is 27.4 Å². The van der Waals surface area contributed by atoms with Crippen LogP contribution in [0.25, 0.3) is 11.3 Å². The molecule has 4 rings (SSSR count). The van der Waals surface area contributed by atoms with Gasteiger partial charge in [-0.05, 0) is 76.1 Å². The van der Waals surface area contributed by atoms with Crippen LogP contribution in [0.2, 0.25) is 0 Å². The zero-order valence-electron chi connectivity index (χ0n) is 21.7. The number of carboxylic acid groups (broad SMARTS) is 1. The SMILES string of the molecule is Cc1ccc(C#N)cc1Nc1nccc(-c2cc(C#N)c3c(c2)C(C)(C(=O)O)CN3C(=O)OC(C)(C)C)n1. The molecule has 1 aliphatic rings. The summed E-state index contributed by atoms with van der Waals surface area (Å²) >= 11 is 0. The minimum atomic E-state index is -1.48. The molecule has 0 radical (unpaired) electrons. The molecule has 1 atom stereocenters. The highest BCUT2D eigenvalue weighted by Gasteiger charge is 2.49. The average molecular weight is 511 g/mol. The highest BCUT2D eigenvalue weighted by Crippen LogP contribution is 2.45. The topological polar surface area (TPSA) is 152 Å². The van der Waals surface area contributed by atoms with Crippen LogP contribution < -0.4 is 10.2 Å². The van der Waals surface area contributed by atoms with Gasteiger partial charge < -0.3 is 15.2 Å². The predicted octanol–water partition coefficient (Wildman–Crippen LogP) is 5.04. The molecule has 0 fully saturated rings. The predicted molar refractivity (Wildman–Crippen MR) is 140 cm³/mol. The zero-order valence-corrected chi connectivity index (χ0v) is 21.7. The van der Waals surface area contributed by atoms with E-state index in [1.54, 1.807) is 51.1 Å². The highest BCUT2D eigenvalue weighted by molar-refractivity contribution is 6.00. The Morgan fingerprint density at radius 3 is 2.53 bits per heavy atom. The molecule has 38 heavy (non-hydrogen) atoms. The van der Waals surface area contributed by atoms with Crippen molar-refractivity contribution >= 4 is 29.4 Å². The maximum absolute atomic E-state index is 13.0. The largest absolute Gasteiger partial charge is 0.481 e. The second-order valence-corrected chi connectivity index (χ2v) is 10.3. The van der Waals surface area contributed by atoms with Crippen molar-refractivity contribution in [3.05, 3.63) is 64.8 Å². The number of carbonyl (C=O) groups is 2. The van der Waals surface area contributed by atoms with Crippen LogP contribution in [-0.2, 0) is 14.9 Å². The molecule has 0 bridgehead atoms. The molecule has 0 saturated heterocycles. The maximum atomic E-state index is 13.0. The first-order chi connectivity index (χ1) is 17.9. The summed E-state index contributed by atoms with van der Waals surface area (Å²) in [5, 5.41) is 32.5. The van der Waals surface area contributed by atoms with Gasteiger partial charge in [0.15, 0.2) is 0 Å². The molecule has 0 spiro atoms. The number of fused-ring (bicyclic) bond motifs is 1. The van der Waals surface area contributed by atoms with Crippen molar-refractivity contribution in [3.63, 3.8) is 0 Å². The summed E-state index contributed by atoms with van der Waals surface area (Å²) in [6.45, 7) is 8.36. The second kappa shape index (κ2) is 9.49. The number of aryl methyl sites for hydroxylation is 1. The van der Waals surface area contributed by atoms with Crippen molar-refractivity contribution in [2.75, 3.05) is 16.8 Å². The fraction of sp³-hybridized carbons (Fsp3) is 0.286. The quantitative estimate of drug-likeness (QED) is 0.492. The molecule has 0 aliphatic carbocycles. The third-order valence-electron chi connectivity index (χ3n) is 6.22. The van der Waals surface area contributed by atoms with Crippen molar-refractivity contribution in [2.24, 2.45) is 0 Å². The third kappa shape index (κ3) is 4.84. The van der Waals surface area contributed by atoms with Gasteiger partial charge in [0, 0.05) is 24.0 Å². The first kappa shape index (κ1) is 26.1. The monoisotopic (exact) mass is 510 g/mol. The first-order valence-electron chi connectivity index (χ1n) is 11.8. The minimum Gasteiger partial charge on any atom is -0.481 e. The second-order valence-electron chi connectivity index (χ2n) is 10.3. The van der Waals surface area contributed by atoms with E-state index in [-0.39, 0.29) is 23.7 Å². The first-order valence-corrected chi connectivity index (χ1v) is 11.8. The van der Waals surface area contributed by atoms with Crippen LogP contribution in [0.5, 0.6) is 0 Å². The summed E-state index contributed by atoms with van der Waals surface area (Å²) in [5.41, 5.74) is 1.35. The fourth-order valence-electron chi connectivity index (χ4n) is 4.24. The van der Waals surface area contributed by atoms with Crippen molar-refractivity contribution in [3.8, 4) is 23.4 Å². The summed E-state index contributed by atoms with van der Waals surface area (Å²) in [5.74, 6) is -0.875. The van der Waals surface area contributed by atoms with Crippen molar-refractivity contribution in [1.82, 2.24) is 9.97 Å². The number of nitrogens with zero attached hydrogens (tertiary/aromatic N) is 5. The number of benzene rings is 2. The van der Waals surface area contributed by atoms with Gasteiger partial charge in [0.2, 0.25) is 5.95 Å². The lowest BCUT2D eigenvalue weighted by Gasteiger charge is -2.26. The number of amides is 1. The summed E-state index contributed by atoms with van der Waals surface area (Å²) < 4.78 is 5.50. The number of carboxylic acids is 1. The Morgan fingerprint density at radius 2 is 1.89 bits per heavy atom. The van der Waals surface area contributed by atoms with E-state index in [0.717, 1.165) is 5.56 Å². The number of nitrogens with one attached hydrogen (secondary N) is 1. The molecule has 10 nitrogen and oxygen atoms in total. The van der Waals surface area contributed by atoms with Gasteiger partial charge in [-0.25, -0.2) is 14.8 Å². The van der Waals surface area contributed by atoms with Crippen molar-refractivity contribution in [2.45, 2.75) is 45.6 Å². The zero-order chi connectivity index (χ0) is 27.8. The summed E-state index contributed by atoms with van der Waals surface area (Å²) in [6.07, 6.45) is 0.813. The Balaban J connectivity index is 1.80. The smallest absolute Gasteiger partial charge is 0.414 e. The Labute approximate surface area is 220 Å². The molecule has 1 aromatic heterocycles. The molecule has 2 aromatic carbocycles. The number of nitriles is 2. The van der Waals surface area contributed by atoms with Gasteiger partial charge in [-0.3, -0.25) is 9.69 Å². The van der Waals surface area contributed by atoms with E-state index in [4.69, 9.17) is 4.74 Å². The number of aromatic nitrogens is 2. The Morgan fingerprint density at radius 1 is 1.16 bits per heavy atom. The number of ether oxygens (including phenoxy) is 1. The summed E-state index contributed by atoms with van der Waals surface area (Å²) in [6, 6.07) is 14.3. The molecular weight excluding hydrogens is 484 g/mol. The Hall–Kier alpha value is -4.96. The van der Waals surface area contributed by atoms with E-state index < -0.39 is 23.1 Å². The van der Waals surface area contributed by atoms with Gasteiger partial charge in [0.1, 0.15) is 17.1 Å². The number of rotatable bonds is 4.